The van der Waals surface area contributed by atoms with Gasteiger partial charge in [0, 0.05) is 0 Å². The second-order valence-corrected chi connectivity index (χ2v) is 2.96. The fourth-order valence-corrected chi connectivity index (χ4v) is 1.59. The van der Waals surface area contributed by atoms with E-state index in [1.54, 1.807) is 5.57 Å². The quantitative estimate of drug-likeness (QED) is 0.471. The van der Waals surface area contributed by atoms with E-state index in [-0.39, 0.29) is 0 Å². The van der Waals surface area contributed by atoms with Gasteiger partial charge in [0.25, 0.3) is 0 Å². The first-order chi connectivity index (χ1) is 4.34. The van der Waals surface area contributed by atoms with Crippen molar-refractivity contribution >= 4 is 0 Å². The molecule has 52 valence electrons. The number of rotatable bonds is 1. The highest BCUT2D eigenvalue weighted by Gasteiger charge is 2.09. The van der Waals surface area contributed by atoms with Crippen molar-refractivity contribution in [3.8, 4) is 0 Å². The largest absolute Gasteiger partial charge is 0.0851 e. The van der Waals surface area contributed by atoms with Crippen LogP contribution in [0.4, 0.5) is 0 Å². The predicted molar refractivity (Wildman–Crippen MR) is 41.4 cm³/mol. The molecule has 0 aromatic heterocycles. The molecule has 1 aliphatic rings. The first kappa shape index (κ1) is 6.85. The third kappa shape index (κ3) is 1.57. The molecule has 0 aromatic rings. The standard InChI is InChI=1S/C9H16/c1-3-9-7-5-4-6-8(9)2/h7-8H,3-6H2,1-2H3. The average molecular weight is 124 g/mol. The molecule has 0 aromatic carbocycles. The molecule has 0 saturated heterocycles. The Kier molecular flexibility index (Phi) is 2.32. The molecule has 0 bridgehead atoms. The predicted octanol–water partition coefficient (Wildman–Crippen LogP) is 3.14. The van der Waals surface area contributed by atoms with Crippen LogP contribution in [0.5, 0.6) is 0 Å². The summed E-state index contributed by atoms with van der Waals surface area (Å²) in [6.45, 7) is 4.60. The van der Waals surface area contributed by atoms with Gasteiger partial charge in [0.05, 0.1) is 0 Å². The third-order valence-corrected chi connectivity index (χ3v) is 2.29. The summed E-state index contributed by atoms with van der Waals surface area (Å²) in [6, 6.07) is 0. The Balaban J connectivity index is 2.53. The van der Waals surface area contributed by atoms with Gasteiger partial charge >= 0.3 is 0 Å². The topological polar surface area (TPSA) is 0 Å². The van der Waals surface area contributed by atoms with Crippen LogP contribution in [0.1, 0.15) is 39.5 Å². The molecule has 0 heteroatoms. The molecule has 0 N–H and O–H groups in total. The van der Waals surface area contributed by atoms with E-state index in [0.717, 1.165) is 5.92 Å². The lowest BCUT2D eigenvalue weighted by molar-refractivity contribution is 0.538. The summed E-state index contributed by atoms with van der Waals surface area (Å²) >= 11 is 0. The van der Waals surface area contributed by atoms with E-state index in [2.05, 4.69) is 19.9 Å². The highest BCUT2D eigenvalue weighted by Crippen LogP contribution is 2.25. The lowest BCUT2D eigenvalue weighted by Gasteiger charge is -2.18. The molecule has 1 aliphatic carbocycles. The summed E-state index contributed by atoms with van der Waals surface area (Å²) in [6.07, 6.45) is 7.84. The monoisotopic (exact) mass is 124 g/mol. The minimum atomic E-state index is 0.878. The molecule has 1 rings (SSSR count). The lowest BCUT2D eigenvalue weighted by atomic mass is 9.88. The van der Waals surface area contributed by atoms with Gasteiger partial charge in [-0.3, -0.25) is 0 Å². The van der Waals surface area contributed by atoms with Gasteiger partial charge in [0.15, 0.2) is 0 Å². The maximum atomic E-state index is 2.42. The minimum absolute atomic E-state index is 0.878. The summed E-state index contributed by atoms with van der Waals surface area (Å²) in [5, 5.41) is 0. The molecule has 0 aliphatic heterocycles. The fourth-order valence-electron chi connectivity index (χ4n) is 1.59. The van der Waals surface area contributed by atoms with Crippen molar-refractivity contribution in [2.24, 2.45) is 5.92 Å². The molecule has 0 fully saturated rings. The highest BCUT2D eigenvalue weighted by molar-refractivity contribution is 5.07. The highest BCUT2D eigenvalue weighted by atomic mass is 14.1. The third-order valence-electron chi connectivity index (χ3n) is 2.29. The lowest BCUT2D eigenvalue weighted by Crippen LogP contribution is -2.02. The average Bonchev–Trinajstić information content (AvgIpc) is 1.89. The Labute approximate surface area is 58.0 Å². The van der Waals surface area contributed by atoms with Gasteiger partial charge in [0.1, 0.15) is 0 Å². The smallest absolute Gasteiger partial charge is 0.0232 e. The van der Waals surface area contributed by atoms with Gasteiger partial charge in [0.2, 0.25) is 0 Å². The number of hydrogen-bond acceptors (Lipinski definition) is 0. The molecule has 1 unspecified atom stereocenters. The van der Waals surface area contributed by atoms with Crippen molar-refractivity contribution < 1.29 is 0 Å². The molecule has 0 heterocycles. The second kappa shape index (κ2) is 3.05. The molecule has 0 saturated carbocycles. The van der Waals surface area contributed by atoms with Crippen molar-refractivity contribution in [1.82, 2.24) is 0 Å². The maximum Gasteiger partial charge on any atom is -0.0232 e. The Morgan fingerprint density at radius 3 is 2.89 bits per heavy atom. The molecule has 9 heavy (non-hydrogen) atoms. The number of allylic oxidation sites excluding steroid dienone is 2. The van der Waals surface area contributed by atoms with Crippen molar-refractivity contribution in [3.05, 3.63) is 11.6 Å². The van der Waals surface area contributed by atoms with E-state index in [1.807, 2.05) is 0 Å². The van der Waals surface area contributed by atoms with Crippen LogP contribution in [0.15, 0.2) is 11.6 Å². The van der Waals surface area contributed by atoms with E-state index in [0.29, 0.717) is 0 Å². The summed E-state index contributed by atoms with van der Waals surface area (Å²) in [7, 11) is 0. The Morgan fingerprint density at radius 1 is 1.67 bits per heavy atom. The maximum absolute atomic E-state index is 2.42. The molecule has 0 nitrogen and oxygen atoms in total. The fraction of sp³-hybridized carbons (Fsp3) is 0.778. The summed E-state index contributed by atoms with van der Waals surface area (Å²) in [5.41, 5.74) is 1.68. The summed E-state index contributed by atoms with van der Waals surface area (Å²) in [4.78, 5) is 0. The normalized spacial score (nSPS) is 27.8. The summed E-state index contributed by atoms with van der Waals surface area (Å²) < 4.78 is 0. The molecule has 0 spiro atoms. The van der Waals surface area contributed by atoms with Crippen LogP contribution in [-0.2, 0) is 0 Å². The SMILES string of the molecule is CCC1=CCCCC1C. The van der Waals surface area contributed by atoms with Crippen molar-refractivity contribution in [2.45, 2.75) is 39.5 Å². The Bertz CT molecular complexity index is 111. The molecule has 0 radical (unpaired) electrons. The van der Waals surface area contributed by atoms with Gasteiger partial charge in [-0.05, 0) is 31.6 Å². The number of hydrogen-bond donors (Lipinski definition) is 0. The van der Waals surface area contributed by atoms with Crippen LogP contribution in [0, 0.1) is 5.92 Å². The zero-order valence-electron chi connectivity index (χ0n) is 6.48. The minimum Gasteiger partial charge on any atom is -0.0851 e. The molecular weight excluding hydrogens is 108 g/mol. The van der Waals surface area contributed by atoms with E-state index < -0.39 is 0 Å². The first-order valence-corrected chi connectivity index (χ1v) is 4.03. The zero-order valence-corrected chi connectivity index (χ0v) is 6.48. The summed E-state index contributed by atoms with van der Waals surface area (Å²) in [5.74, 6) is 0.878. The molecular formula is C9H16. The molecule has 1 atom stereocenters. The van der Waals surface area contributed by atoms with Gasteiger partial charge in [-0.1, -0.05) is 25.5 Å². The Hall–Kier alpha value is -0.260. The van der Waals surface area contributed by atoms with Gasteiger partial charge in [-0.25, -0.2) is 0 Å². The second-order valence-electron chi connectivity index (χ2n) is 2.96. The van der Waals surface area contributed by atoms with Gasteiger partial charge in [-0.2, -0.15) is 0 Å². The van der Waals surface area contributed by atoms with Crippen LogP contribution in [0.2, 0.25) is 0 Å². The van der Waals surface area contributed by atoms with Crippen LogP contribution >= 0.6 is 0 Å². The van der Waals surface area contributed by atoms with Crippen LogP contribution in [-0.4, -0.2) is 0 Å². The van der Waals surface area contributed by atoms with Crippen molar-refractivity contribution in [2.75, 3.05) is 0 Å². The van der Waals surface area contributed by atoms with E-state index in [4.69, 9.17) is 0 Å². The molecule has 0 amide bonds. The Morgan fingerprint density at radius 2 is 2.44 bits per heavy atom. The van der Waals surface area contributed by atoms with Crippen molar-refractivity contribution in [1.29, 1.82) is 0 Å². The first-order valence-electron chi connectivity index (χ1n) is 4.03. The van der Waals surface area contributed by atoms with Gasteiger partial charge in [-0.15, -0.1) is 0 Å². The van der Waals surface area contributed by atoms with Gasteiger partial charge < -0.3 is 0 Å². The van der Waals surface area contributed by atoms with Crippen LogP contribution < -0.4 is 0 Å². The van der Waals surface area contributed by atoms with Crippen LogP contribution in [0.3, 0.4) is 0 Å². The zero-order chi connectivity index (χ0) is 6.69. The van der Waals surface area contributed by atoms with Crippen molar-refractivity contribution in [3.63, 3.8) is 0 Å². The van der Waals surface area contributed by atoms with E-state index in [9.17, 15) is 0 Å². The van der Waals surface area contributed by atoms with Crippen LogP contribution in [0.25, 0.3) is 0 Å². The van der Waals surface area contributed by atoms with E-state index >= 15 is 0 Å². The van der Waals surface area contributed by atoms with E-state index in [1.165, 1.54) is 25.7 Å².